The van der Waals surface area contributed by atoms with E-state index in [0.29, 0.717) is 11.3 Å². The number of hydrogen-bond donors (Lipinski definition) is 1. The minimum absolute atomic E-state index is 0.0289. The van der Waals surface area contributed by atoms with Crippen molar-refractivity contribution in [3.63, 3.8) is 0 Å². The molecular weight excluding hydrogens is 432 g/mol. The summed E-state index contributed by atoms with van der Waals surface area (Å²) in [6.45, 7) is 1.85. The molecule has 35 heavy (non-hydrogen) atoms. The Morgan fingerprint density at radius 2 is 1.20 bits per heavy atom. The highest BCUT2D eigenvalue weighted by molar-refractivity contribution is 6.19. The quantitative estimate of drug-likeness (QED) is 0.450. The second-order valence-corrected chi connectivity index (χ2v) is 9.33. The third-order valence-electron chi connectivity index (χ3n) is 7.67. The van der Waals surface area contributed by atoms with Crippen LogP contribution in [0.5, 0.6) is 0 Å². The maximum atomic E-state index is 14.2. The summed E-state index contributed by atoms with van der Waals surface area (Å²) in [6.07, 6.45) is 0. The van der Waals surface area contributed by atoms with Gasteiger partial charge in [0.05, 0.1) is 17.3 Å². The highest BCUT2D eigenvalue weighted by Gasteiger charge is 2.75. The van der Waals surface area contributed by atoms with Crippen LogP contribution in [0, 0.1) is 5.92 Å². The van der Waals surface area contributed by atoms with Gasteiger partial charge in [0.1, 0.15) is 17.1 Å². The molecule has 4 aromatic rings. The molecule has 6 rings (SSSR count). The molecule has 1 N–H and O–H groups in total. The zero-order valence-corrected chi connectivity index (χ0v) is 19.5. The van der Waals surface area contributed by atoms with Crippen molar-refractivity contribution in [2.24, 2.45) is 11.0 Å². The Hall–Kier alpha value is -4.02. The number of fused-ring (bicyclic) bond motifs is 1. The van der Waals surface area contributed by atoms with Crippen LogP contribution in [-0.2, 0) is 15.8 Å². The molecule has 4 atom stereocenters. The maximum Gasteiger partial charge on any atom is 0.164 e. The van der Waals surface area contributed by atoms with E-state index < -0.39 is 23.0 Å². The second kappa shape index (κ2) is 8.03. The fourth-order valence-corrected chi connectivity index (χ4v) is 6.12. The Bertz CT molecular complexity index is 1390. The fourth-order valence-electron chi connectivity index (χ4n) is 6.12. The molecule has 4 aromatic carbocycles. The van der Waals surface area contributed by atoms with E-state index >= 15 is 0 Å². The standard InChI is InChI=1S/C31H26N2O2/c1-22-27(34)29-30(24-16-8-3-9-17-24,31(22,35)25-18-10-4-11-19-25)28(23-14-6-2-7-15-23)32-33(29)26-20-12-5-13-21-26/h2-22,29,35H,1H3. The van der Waals surface area contributed by atoms with Crippen molar-refractivity contribution in [2.75, 3.05) is 5.01 Å². The number of ketones is 1. The summed E-state index contributed by atoms with van der Waals surface area (Å²) in [6, 6.07) is 38.5. The predicted octanol–water partition coefficient (Wildman–Crippen LogP) is 5.32. The van der Waals surface area contributed by atoms with E-state index in [2.05, 4.69) is 0 Å². The van der Waals surface area contributed by atoms with Gasteiger partial charge in [0, 0.05) is 0 Å². The first-order chi connectivity index (χ1) is 17.1. The second-order valence-electron chi connectivity index (χ2n) is 9.33. The first kappa shape index (κ1) is 21.5. The molecule has 0 bridgehead atoms. The average molecular weight is 459 g/mol. The average Bonchev–Trinajstić information content (AvgIpc) is 3.38. The SMILES string of the molecule is CC1C(=O)C2N(c3ccccc3)N=C(c3ccccc3)C2(c2ccccc2)C1(O)c1ccccc1. The van der Waals surface area contributed by atoms with Crippen LogP contribution < -0.4 is 5.01 Å². The molecule has 1 saturated carbocycles. The van der Waals surface area contributed by atoms with Gasteiger partial charge in [0.25, 0.3) is 0 Å². The molecule has 0 amide bonds. The Kier molecular flexibility index (Phi) is 4.94. The summed E-state index contributed by atoms with van der Waals surface area (Å²) in [5.41, 5.74) is 1.35. The Morgan fingerprint density at radius 3 is 1.77 bits per heavy atom. The number of anilines is 1. The molecule has 1 heterocycles. The lowest BCUT2D eigenvalue weighted by molar-refractivity contribution is -0.125. The molecule has 4 heteroatoms. The van der Waals surface area contributed by atoms with Crippen LogP contribution in [0.1, 0.15) is 23.6 Å². The molecular formula is C31H26N2O2. The zero-order valence-electron chi connectivity index (χ0n) is 19.5. The van der Waals surface area contributed by atoms with Gasteiger partial charge in [-0.25, -0.2) is 0 Å². The lowest BCUT2D eigenvalue weighted by Gasteiger charge is -2.45. The number of rotatable bonds is 4. The maximum absolute atomic E-state index is 14.2. The minimum atomic E-state index is -1.52. The number of hydrazone groups is 1. The van der Waals surface area contributed by atoms with E-state index in [4.69, 9.17) is 5.10 Å². The van der Waals surface area contributed by atoms with Crippen LogP contribution in [0.2, 0.25) is 0 Å². The van der Waals surface area contributed by atoms with Crippen molar-refractivity contribution in [1.29, 1.82) is 0 Å². The number of para-hydroxylation sites is 1. The number of hydrogen-bond acceptors (Lipinski definition) is 4. The highest BCUT2D eigenvalue weighted by Crippen LogP contribution is 2.61. The van der Waals surface area contributed by atoms with E-state index in [1.54, 1.807) is 0 Å². The number of carbonyl (C=O) groups excluding carboxylic acids is 1. The van der Waals surface area contributed by atoms with E-state index in [0.717, 1.165) is 16.8 Å². The monoisotopic (exact) mass is 458 g/mol. The smallest absolute Gasteiger partial charge is 0.164 e. The molecule has 2 aliphatic rings. The Labute approximate surface area is 205 Å². The van der Waals surface area contributed by atoms with Crippen molar-refractivity contribution >= 4 is 17.2 Å². The van der Waals surface area contributed by atoms with E-state index in [-0.39, 0.29) is 5.78 Å². The van der Waals surface area contributed by atoms with Crippen LogP contribution in [0.3, 0.4) is 0 Å². The van der Waals surface area contributed by atoms with Gasteiger partial charge in [0.2, 0.25) is 0 Å². The number of carbonyl (C=O) groups is 1. The molecule has 4 nitrogen and oxygen atoms in total. The summed E-state index contributed by atoms with van der Waals surface area (Å²) in [5, 5.41) is 19.9. The fraction of sp³-hybridized carbons (Fsp3) is 0.161. The van der Waals surface area contributed by atoms with Crippen LogP contribution in [0.25, 0.3) is 0 Å². The van der Waals surface area contributed by atoms with Crippen molar-refractivity contribution in [3.8, 4) is 0 Å². The lowest BCUT2D eigenvalue weighted by atomic mass is 9.59. The molecule has 0 radical (unpaired) electrons. The van der Waals surface area contributed by atoms with Gasteiger partial charge in [-0.2, -0.15) is 5.10 Å². The molecule has 0 aromatic heterocycles. The summed E-state index contributed by atoms with van der Waals surface area (Å²) in [4.78, 5) is 14.2. The van der Waals surface area contributed by atoms with E-state index in [1.807, 2.05) is 133 Å². The first-order valence-corrected chi connectivity index (χ1v) is 12.0. The summed E-state index contributed by atoms with van der Waals surface area (Å²) in [7, 11) is 0. The van der Waals surface area contributed by atoms with Crippen LogP contribution in [0.4, 0.5) is 5.69 Å². The molecule has 1 aliphatic carbocycles. The third kappa shape index (κ3) is 2.84. The van der Waals surface area contributed by atoms with Crippen LogP contribution >= 0.6 is 0 Å². The molecule has 4 unspecified atom stereocenters. The normalized spacial score (nSPS) is 27.5. The number of nitrogens with zero attached hydrogens (tertiary/aromatic N) is 2. The van der Waals surface area contributed by atoms with Crippen LogP contribution in [-0.4, -0.2) is 22.6 Å². The number of benzene rings is 4. The largest absolute Gasteiger partial charge is 0.383 e. The van der Waals surface area contributed by atoms with Gasteiger partial charge >= 0.3 is 0 Å². The molecule has 1 aliphatic heterocycles. The molecule has 0 saturated heterocycles. The molecule has 172 valence electrons. The van der Waals surface area contributed by atoms with Gasteiger partial charge in [-0.3, -0.25) is 9.80 Å². The predicted molar refractivity (Wildman–Crippen MR) is 138 cm³/mol. The van der Waals surface area contributed by atoms with Gasteiger partial charge in [0.15, 0.2) is 5.78 Å². The minimum Gasteiger partial charge on any atom is -0.383 e. The van der Waals surface area contributed by atoms with Crippen molar-refractivity contribution in [2.45, 2.75) is 24.0 Å². The van der Waals surface area contributed by atoms with E-state index in [1.165, 1.54) is 0 Å². The van der Waals surface area contributed by atoms with E-state index in [9.17, 15) is 9.90 Å². The lowest BCUT2D eigenvalue weighted by Crippen LogP contribution is -2.57. The van der Waals surface area contributed by atoms with Crippen molar-refractivity contribution < 1.29 is 9.90 Å². The topological polar surface area (TPSA) is 52.9 Å². The number of Topliss-reactive ketones (excluding diaryl/α,β-unsaturated/α-hetero) is 1. The number of aliphatic hydroxyl groups is 1. The van der Waals surface area contributed by atoms with Crippen molar-refractivity contribution in [1.82, 2.24) is 0 Å². The van der Waals surface area contributed by atoms with Crippen molar-refractivity contribution in [3.05, 3.63) is 138 Å². The third-order valence-corrected chi connectivity index (χ3v) is 7.67. The van der Waals surface area contributed by atoms with Gasteiger partial charge in [-0.15, -0.1) is 0 Å². The summed E-state index contributed by atoms with van der Waals surface area (Å²) >= 11 is 0. The highest BCUT2D eigenvalue weighted by atomic mass is 16.3. The first-order valence-electron chi connectivity index (χ1n) is 12.0. The Morgan fingerprint density at radius 1 is 0.714 bits per heavy atom. The summed E-state index contributed by atoms with van der Waals surface area (Å²) < 4.78 is 0. The van der Waals surface area contributed by atoms with Gasteiger partial charge in [-0.05, 0) is 28.8 Å². The van der Waals surface area contributed by atoms with Gasteiger partial charge < -0.3 is 5.11 Å². The van der Waals surface area contributed by atoms with Crippen LogP contribution in [0.15, 0.2) is 126 Å². The molecule has 1 fully saturated rings. The van der Waals surface area contributed by atoms with Gasteiger partial charge in [-0.1, -0.05) is 116 Å². The Balaban J connectivity index is 1.74. The summed E-state index contributed by atoms with van der Waals surface area (Å²) in [5.74, 6) is -0.686. The zero-order chi connectivity index (χ0) is 24.0. The molecule has 0 spiro atoms.